The van der Waals surface area contributed by atoms with Gasteiger partial charge >= 0.3 is 6.09 Å². The summed E-state index contributed by atoms with van der Waals surface area (Å²) in [4.78, 5) is 55.9. The van der Waals surface area contributed by atoms with E-state index < -0.39 is 32.3 Å². The molecule has 39 heavy (non-hydrogen) atoms. The molecule has 0 unspecified atom stereocenters. The minimum Gasteiger partial charge on any atom is -0.543 e. The molecule has 0 aromatic carbocycles. The molecule has 6 atom stereocenters. The lowest BCUT2D eigenvalue weighted by molar-refractivity contribution is -0.301. The van der Waals surface area contributed by atoms with Crippen molar-refractivity contribution in [2.75, 3.05) is 27.2 Å². The van der Waals surface area contributed by atoms with Crippen molar-refractivity contribution in [1.82, 2.24) is 14.7 Å². The molecule has 218 valence electrons. The van der Waals surface area contributed by atoms with Gasteiger partial charge in [-0.1, -0.05) is 40.3 Å². The lowest BCUT2D eigenvalue weighted by atomic mass is 9.79. The predicted molar refractivity (Wildman–Crippen MR) is 150 cm³/mol. The second-order valence-electron chi connectivity index (χ2n) is 12.3. The lowest BCUT2D eigenvalue weighted by Gasteiger charge is -2.50. The zero-order chi connectivity index (χ0) is 29.6. The fourth-order valence-corrected chi connectivity index (χ4v) is 8.33. The van der Waals surface area contributed by atoms with Crippen LogP contribution >= 0.6 is 11.8 Å². The van der Waals surface area contributed by atoms with Crippen LogP contribution in [0.25, 0.3) is 0 Å². The van der Waals surface area contributed by atoms with Crippen molar-refractivity contribution in [2.45, 2.75) is 82.6 Å². The van der Waals surface area contributed by atoms with Crippen molar-refractivity contribution in [1.29, 1.82) is 0 Å². The SMILES string of the molecule is C=CCOC(=O)N1C[C@@H](SC2=C(C(=O)[O-])N3C(=O)[C@H]([C@@H](C)O[Si](C)(C)C(C)(C)C)[C@H]3[C@H]2C)C[C@H]1C(=O)N(C)C. The summed E-state index contributed by atoms with van der Waals surface area (Å²) in [6, 6.07) is -1.08. The Morgan fingerprint density at radius 2 is 1.90 bits per heavy atom. The molecule has 2 saturated heterocycles. The highest BCUT2D eigenvalue weighted by Crippen LogP contribution is 2.53. The molecule has 3 amide bonds. The molecule has 0 saturated carbocycles. The highest BCUT2D eigenvalue weighted by molar-refractivity contribution is 8.03. The van der Waals surface area contributed by atoms with Gasteiger partial charge in [-0.25, -0.2) is 4.79 Å². The van der Waals surface area contributed by atoms with Crippen LogP contribution in [0.3, 0.4) is 0 Å². The fourth-order valence-electron chi connectivity index (χ4n) is 5.38. The number of thioether (sulfide) groups is 1. The van der Waals surface area contributed by atoms with Crippen LogP contribution in [-0.2, 0) is 23.5 Å². The van der Waals surface area contributed by atoms with Gasteiger partial charge in [0.1, 0.15) is 12.6 Å². The zero-order valence-corrected chi connectivity index (χ0v) is 26.3. The van der Waals surface area contributed by atoms with Crippen LogP contribution in [0.4, 0.5) is 4.79 Å². The summed E-state index contributed by atoms with van der Waals surface area (Å²) in [5.74, 6) is -2.63. The molecule has 3 rings (SSSR count). The monoisotopic (exact) mass is 580 g/mol. The van der Waals surface area contributed by atoms with Gasteiger partial charge in [-0.2, -0.15) is 0 Å². The number of carboxylic acids is 1. The topological polar surface area (TPSA) is 120 Å². The lowest BCUT2D eigenvalue weighted by Crippen LogP contribution is -2.65. The molecule has 3 aliphatic rings. The van der Waals surface area contributed by atoms with E-state index in [1.807, 2.05) is 13.8 Å². The summed E-state index contributed by atoms with van der Waals surface area (Å²) in [5.41, 5.74) is -0.110. The van der Waals surface area contributed by atoms with Gasteiger partial charge in [0.25, 0.3) is 0 Å². The first kappa shape index (κ1) is 31.2. The number of rotatable bonds is 9. The van der Waals surface area contributed by atoms with Crippen LogP contribution in [0.15, 0.2) is 23.3 Å². The summed E-state index contributed by atoms with van der Waals surface area (Å²) >= 11 is 1.31. The largest absolute Gasteiger partial charge is 0.543 e. The number of amides is 3. The van der Waals surface area contributed by atoms with E-state index in [-0.39, 0.29) is 59.0 Å². The number of carbonyl (C=O) groups excluding carboxylic acids is 4. The summed E-state index contributed by atoms with van der Waals surface area (Å²) in [6.45, 7) is 18.3. The van der Waals surface area contributed by atoms with Crippen LogP contribution in [0.1, 0.15) is 41.0 Å². The number of carboxylic acid groups (broad SMARTS) is 1. The number of likely N-dealkylation sites (N-methyl/N-ethyl adjacent to an activating group) is 1. The van der Waals surface area contributed by atoms with Crippen LogP contribution < -0.4 is 5.11 Å². The van der Waals surface area contributed by atoms with E-state index in [1.54, 1.807) is 14.1 Å². The van der Waals surface area contributed by atoms with E-state index in [1.165, 1.54) is 32.5 Å². The molecule has 0 N–H and O–H groups in total. The average molecular weight is 581 g/mol. The third-order valence-electron chi connectivity index (χ3n) is 8.42. The quantitative estimate of drug-likeness (QED) is 0.232. The highest BCUT2D eigenvalue weighted by atomic mass is 32.2. The van der Waals surface area contributed by atoms with Gasteiger partial charge in [-0.05, 0) is 31.5 Å². The van der Waals surface area contributed by atoms with Gasteiger partial charge in [0, 0.05) is 36.7 Å². The van der Waals surface area contributed by atoms with Crippen LogP contribution in [0.2, 0.25) is 18.1 Å². The van der Waals surface area contributed by atoms with E-state index in [9.17, 15) is 24.3 Å². The Labute approximate surface area is 236 Å². The molecule has 3 aliphatic heterocycles. The molecule has 0 aromatic rings. The number of aliphatic carboxylic acids is 1. The Morgan fingerprint density at radius 1 is 1.28 bits per heavy atom. The third-order valence-corrected chi connectivity index (χ3v) is 14.5. The predicted octanol–water partition coefficient (Wildman–Crippen LogP) is 2.42. The first-order valence-corrected chi connectivity index (χ1v) is 17.1. The van der Waals surface area contributed by atoms with Gasteiger partial charge < -0.3 is 28.9 Å². The minimum atomic E-state index is -2.16. The number of nitrogens with zero attached hydrogens (tertiary/aromatic N) is 3. The first-order valence-electron chi connectivity index (χ1n) is 13.3. The smallest absolute Gasteiger partial charge is 0.410 e. The summed E-state index contributed by atoms with van der Waals surface area (Å²) < 4.78 is 11.7. The number of hydrogen-bond acceptors (Lipinski definition) is 8. The van der Waals surface area contributed by atoms with E-state index in [0.29, 0.717) is 11.3 Å². The van der Waals surface area contributed by atoms with Gasteiger partial charge in [-0.15, -0.1) is 11.8 Å². The van der Waals surface area contributed by atoms with Crippen molar-refractivity contribution < 1.29 is 33.4 Å². The maximum Gasteiger partial charge on any atom is 0.410 e. The van der Waals surface area contributed by atoms with Gasteiger partial charge in [-0.3, -0.25) is 14.5 Å². The number of β-lactam (4-membered cyclic amide) rings is 1. The molecule has 0 aromatic heterocycles. The Hall–Kier alpha value is -2.31. The Kier molecular flexibility index (Phi) is 9.03. The summed E-state index contributed by atoms with van der Waals surface area (Å²) in [5, 5.41) is 12.0. The normalized spacial score (nSPS) is 27.7. The van der Waals surface area contributed by atoms with Gasteiger partial charge in [0.2, 0.25) is 11.8 Å². The number of ether oxygens (including phenoxy) is 1. The minimum absolute atomic E-state index is 0.0162. The molecule has 3 heterocycles. The van der Waals surface area contributed by atoms with Crippen molar-refractivity contribution >= 4 is 44.0 Å². The van der Waals surface area contributed by atoms with Crippen molar-refractivity contribution in [2.24, 2.45) is 11.8 Å². The molecule has 12 heteroatoms. The molecule has 10 nitrogen and oxygen atoms in total. The molecule has 0 aliphatic carbocycles. The maximum atomic E-state index is 13.3. The Morgan fingerprint density at radius 3 is 2.41 bits per heavy atom. The molecule has 0 radical (unpaired) electrons. The standard InChI is InChI=1S/C27H43N3O7SSi/c1-11-12-36-26(35)29-14-17(13-18(29)23(31)28(7)8)38-22-15(2)20-19(24(32)30(20)21(22)25(33)34)16(3)37-39(9,10)27(4,5)6/h11,15-20H,1,12-14H2,2-10H3,(H,33,34)/p-1/t15-,16-,17+,18+,19-,20-/m1/s1. The fraction of sp³-hybridized carbons (Fsp3) is 0.704. The molecule has 2 fully saturated rings. The summed E-state index contributed by atoms with van der Waals surface area (Å²) in [7, 11) is 1.08. The van der Waals surface area contributed by atoms with Gasteiger partial charge in [0.05, 0.1) is 29.7 Å². The third kappa shape index (κ3) is 5.78. The molecule has 0 bridgehead atoms. The number of carbonyl (C=O) groups is 4. The molecule has 0 spiro atoms. The van der Waals surface area contributed by atoms with E-state index >= 15 is 0 Å². The Balaban J connectivity index is 1.84. The van der Waals surface area contributed by atoms with Crippen LogP contribution in [0.5, 0.6) is 0 Å². The first-order chi connectivity index (χ1) is 17.9. The average Bonchev–Trinajstić information content (AvgIpc) is 3.34. The molecular weight excluding hydrogens is 538 g/mol. The van der Waals surface area contributed by atoms with Gasteiger partial charge in [0.15, 0.2) is 8.32 Å². The second-order valence-corrected chi connectivity index (χ2v) is 18.4. The van der Waals surface area contributed by atoms with E-state index in [4.69, 9.17) is 9.16 Å². The number of hydrogen-bond donors (Lipinski definition) is 0. The maximum absolute atomic E-state index is 13.3. The zero-order valence-electron chi connectivity index (χ0n) is 24.5. The number of likely N-dealkylation sites (tertiary alicyclic amines) is 1. The van der Waals surface area contributed by atoms with Crippen molar-refractivity contribution in [3.63, 3.8) is 0 Å². The van der Waals surface area contributed by atoms with E-state index in [0.717, 1.165) is 0 Å². The molecular formula is C27H42N3O7SSi-. The summed E-state index contributed by atoms with van der Waals surface area (Å²) in [6.07, 6.45) is 0.794. The van der Waals surface area contributed by atoms with Crippen LogP contribution in [-0.4, -0.2) is 97.6 Å². The second kappa shape index (κ2) is 11.3. The van der Waals surface area contributed by atoms with Crippen molar-refractivity contribution in [3.8, 4) is 0 Å². The van der Waals surface area contributed by atoms with Crippen LogP contribution in [0, 0.1) is 11.8 Å². The highest BCUT2D eigenvalue weighted by Gasteiger charge is 2.60. The van der Waals surface area contributed by atoms with E-state index in [2.05, 4.69) is 40.4 Å². The van der Waals surface area contributed by atoms with Crippen molar-refractivity contribution in [3.05, 3.63) is 23.3 Å². The number of fused-ring (bicyclic) bond motifs is 1. The Bertz CT molecular complexity index is 1070.